The third-order valence-corrected chi connectivity index (χ3v) is 6.78. The fraction of sp³-hybridized carbons (Fsp3) is 0.524. The summed E-state index contributed by atoms with van der Waals surface area (Å²) in [5, 5.41) is 1.03. The molecular formula is C21H25NO3S. The summed E-state index contributed by atoms with van der Waals surface area (Å²) >= 11 is 1.40. The molecule has 0 unspecified atom stereocenters. The standard InChI is InChI=1S/C21H25NO3S/c1-20(2)9-15-10-21(3,12-20)13-22(15)18(23)11-25-19(24)17-8-14-6-4-5-7-16(14)26-17/h4-8,15H,9-13H2,1-3H3/t15-,21-/m1/s1. The first-order valence-electron chi connectivity index (χ1n) is 9.20. The van der Waals surface area contributed by atoms with E-state index in [9.17, 15) is 9.59 Å². The fourth-order valence-electron chi connectivity index (χ4n) is 5.12. The first kappa shape index (κ1) is 17.5. The van der Waals surface area contributed by atoms with E-state index >= 15 is 0 Å². The number of thiophene rings is 1. The minimum absolute atomic E-state index is 0.0640. The Morgan fingerprint density at radius 3 is 2.77 bits per heavy atom. The van der Waals surface area contributed by atoms with Crippen molar-refractivity contribution in [1.29, 1.82) is 0 Å². The molecule has 1 saturated heterocycles. The average molecular weight is 372 g/mol. The Morgan fingerprint density at radius 2 is 2.00 bits per heavy atom. The van der Waals surface area contributed by atoms with Gasteiger partial charge in [0, 0.05) is 17.3 Å². The monoisotopic (exact) mass is 371 g/mol. The van der Waals surface area contributed by atoms with Crippen LogP contribution in [0, 0.1) is 10.8 Å². The van der Waals surface area contributed by atoms with Gasteiger partial charge in [-0.2, -0.15) is 0 Å². The second-order valence-electron chi connectivity index (χ2n) is 8.96. The van der Waals surface area contributed by atoms with Crippen molar-refractivity contribution in [3.05, 3.63) is 35.2 Å². The van der Waals surface area contributed by atoms with E-state index in [2.05, 4.69) is 20.8 Å². The number of fused-ring (bicyclic) bond motifs is 3. The molecule has 1 amide bonds. The van der Waals surface area contributed by atoms with Crippen molar-refractivity contribution >= 4 is 33.3 Å². The lowest BCUT2D eigenvalue weighted by atomic mass is 9.65. The van der Waals surface area contributed by atoms with Crippen LogP contribution < -0.4 is 0 Å². The topological polar surface area (TPSA) is 46.6 Å². The lowest BCUT2D eigenvalue weighted by molar-refractivity contribution is -0.135. The summed E-state index contributed by atoms with van der Waals surface area (Å²) in [5.41, 5.74) is 0.456. The highest BCUT2D eigenvalue weighted by Gasteiger charge is 2.50. The molecule has 1 saturated carbocycles. The van der Waals surface area contributed by atoms with Gasteiger partial charge >= 0.3 is 5.97 Å². The lowest BCUT2D eigenvalue weighted by Crippen LogP contribution is -2.39. The number of carbonyl (C=O) groups excluding carboxylic acids is 2. The van der Waals surface area contributed by atoms with E-state index in [1.807, 2.05) is 35.2 Å². The highest BCUT2D eigenvalue weighted by atomic mass is 32.1. The molecule has 2 aromatic rings. The van der Waals surface area contributed by atoms with Gasteiger partial charge in [0.25, 0.3) is 5.91 Å². The molecule has 2 bridgehead atoms. The third-order valence-electron chi connectivity index (χ3n) is 5.69. The van der Waals surface area contributed by atoms with Gasteiger partial charge in [-0.05, 0) is 47.6 Å². The molecule has 5 heteroatoms. The minimum Gasteiger partial charge on any atom is -0.451 e. The normalized spacial score (nSPS) is 26.9. The number of esters is 1. The Morgan fingerprint density at radius 1 is 1.23 bits per heavy atom. The summed E-state index contributed by atoms with van der Waals surface area (Å²) < 4.78 is 6.40. The Balaban J connectivity index is 1.40. The predicted octanol–water partition coefficient (Wildman–Crippen LogP) is 4.49. The van der Waals surface area contributed by atoms with Crippen LogP contribution in [0.25, 0.3) is 10.1 Å². The number of benzene rings is 1. The number of rotatable bonds is 3. The molecule has 0 N–H and O–H groups in total. The van der Waals surface area contributed by atoms with Crippen LogP contribution in [0.3, 0.4) is 0 Å². The molecule has 2 fully saturated rings. The molecule has 0 radical (unpaired) electrons. The SMILES string of the molecule is CC1(C)C[C@@H]2C[C@@](C)(CN2C(=O)COC(=O)c2cc3ccccc3s2)C1. The van der Waals surface area contributed by atoms with Crippen molar-refractivity contribution < 1.29 is 14.3 Å². The summed E-state index contributed by atoms with van der Waals surface area (Å²) in [6.45, 7) is 7.46. The molecular weight excluding hydrogens is 346 g/mol. The summed E-state index contributed by atoms with van der Waals surface area (Å²) in [6, 6.07) is 9.96. The van der Waals surface area contributed by atoms with E-state index in [1.165, 1.54) is 11.3 Å². The van der Waals surface area contributed by atoms with Gasteiger partial charge in [0.05, 0.1) is 0 Å². The van der Waals surface area contributed by atoms with Crippen LogP contribution in [-0.4, -0.2) is 36.0 Å². The molecule has 1 aliphatic carbocycles. The van der Waals surface area contributed by atoms with Crippen molar-refractivity contribution in [2.75, 3.05) is 13.2 Å². The number of carbonyl (C=O) groups is 2. The molecule has 138 valence electrons. The second-order valence-corrected chi connectivity index (χ2v) is 10.0. The molecule has 2 aliphatic rings. The summed E-state index contributed by atoms with van der Waals surface area (Å²) in [6.07, 6.45) is 3.23. The van der Waals surface area contributed by atoms with E-state index in [4.69, 9.17) is 4.74 Å². The highest BCUT2D eigenvalue weighted by Crippen LogP contribution is 2.52. The zero-order valence-corrected chi connectivity index (χ0v) is 16.4. The zero-order chi connectivity index (χ0) is 18.5. The van der Waals surface area contributed by atoms with Gasteiger partial charge < -0.3 is 9.64 Å². The Labute approximate surface area is 158 Å². The van der Waals surface area contributed by atoms with Gasteiger partial charge in [0.1, 0.15) is 4.88 Å². The smallest absolute Gasteiger partial charge is 0.348 e. The van der Waals surface area contributed by atoms with Crippen LogP contribution in [0.5, 0.6) is 0 Å². The molecule has 1 aliphatic heterocycles. The molecule has 1 aromatic carbocycles. The maximum atomic E-state index is 12.7. The molecule has 1 aromatic heterocycles. The van der Waals surface area contributed by atoms with Crippen LogP contribution in [0.2, 0.25) is 0 Å². The van der Waals surface area contributed by atoms with Crippen LogP contribution in [0.15, 0.2) is 30.3 Å². The van der Waals surface area contributed by atoms with E-state index in [0.29, 0.717) is 4.88 Å². The van der Waals surface area contributed by atoms with E-state index in [1.54, 1.807) is 0 Å². The summed E-state index contributed by atoms with van der Waals surface area (Å²) in [4.78, 5) is 27.5. The second kappa shape index (κ2) is 6.08. The first-order valence-corrected chi connectivity index (χ1v) is 10.0. The lowest BCUT2D eigenvalue weighted by Gasteiger charge is -2.39. The van der Waals surface area contributed by atoms with Crippen molar-refractivity contribution in [1.82, 2.24) is 4.90 Å². The molecule has 4 rings (SSSR count). The van der Waals surface area contributed by atoms with Gasteiger partial charge in [-0.1, -0.05) is 39.0 Å². The van der Waals surface area contributed by atoms with Crippen molar-refractivity contribution in [2.45, 2.75) is 46.1 Å². The Hall–Kier alpha value is -1.88. The number of likely N-dealkylation sites (tertiary alicyclic amines) is 1. The van der Waals surface area contributed by atoms with Crippen molar-refractivity contribution in [3.8, 4) is 0 Å². The average Bonchev–Trinajstić information content (AvgIpc) is 3.09. The molecule has 4 nitrogen and oxygen atoms in total. The van der Waals surface area contributed by atoms with Gasteiger partial charge in [-0.15, -0.1) is 11.3 Å². The van der Waals surface area contributed by atoms with Gasteiger partial charge in [-0.25, -0.2) is 4.79 Å². The van der Waals surface area contributed by atoms with Crippen molar-refractivity contribution in [2.24, 2.45) is 10.8 Å². The largest absolute Gasteiger partial charge is 0.451 e. The summed E-state index contributed by atoms with van der Waals surface area (Å²) in [5.74, 6) is -0.473. The maximum absolute atomic E-state index is 12.7. The quantitative estimate of drug-likeness (QED) is 0.747. The van der Waals surface area contributed by atoms with Crippen LogP contribution >= 0.6 is 11.3 Å². The molecule has 0 spiro atoms. The third kappa shape index (κ3) is 3.25. The number of amides is 1. The maximum Gasteiger partial charge on any atom is 0.348 e. The van der Waals surface area contributed by atoms with Crippen LogP contribution in [0.4, 0.5) is 0 Å². The minimum atomic E-state index is -0.409. The highest BCUT2D eigenvalue weighted by molar-refractivity contribution is 7.20. The van der Waals surface area contributed by atoms with Gasteiger partial charge in [0.2, 0.25) is 0 Å². The molecule has 2 heterocycles. The Bertz CT molecular complexity index is 838. The number of hydrogen-bond acceptors (Lipinski definition) is 4. The molecule has 2 atom stereocenters. The Kier molecular flexibility index (Phi) is 4.10. The van der Waals surface area contributed by atoms with E-state index in [0.717, 1.165) is 35.9 Å². The van der Waals surface area contributed by atoms with E-state index in [-0.39, 0.29) is 29.4 Å². The van der Waals surface area contributed by atoms with Crippen LogP contribution in [0.1, 0.15) is 49.7 Å². The number of ether oxygens (including phenoxy) is 1. The zero-order valence-electron chi connectivity index (χ0n) is 15.6. The number of nitrogens with zero attached hydrogens (tertiary/aromatic N) is 1. The molecule has 26 heavy (non-hydrogen) atoms. The first-order chi connectivity index (χ1) is 12.2. The van der Waals surface area contributed by atoms with Gasteiger partial charge in [0.15, 0.2) is 6.61 Å². The van der Waals surface area contributed by atoms with Gasteiger partial charge in [-0.3, -0.25) is 4.79 Å². The summed E-state index contributed by atoms with van der Waals surface area (Å²) in [7, 11) is 0. The predicted molar refractivity (Wildman–Crippen MR) is 103 cm³/mol. The van der Waals surface area contributed by atoms with Crippen LogP contribution in [-0.2, 0) is 9.53 Å². The van der Waals surface area contributed by atoms with Crippen molar-refractivity contribution in [3.63, 3.8) is 0 Å². The number of hydrogen-bond donors (Lipinski definition) is 0. The van der Waals surface area contributed by atoms with E-state index < -0.39 is 5.97 Å². The fourth-order valence-corrected chi connectivity index (χ4v) is 6.07.